The summed E-state index contributed by atoms with van der Waals surface area (Å²) in [6.45, 7) is 1.90. The number of hydrogen-bond acceptors (Lipinski definition) is 3. The van der Waals surface area contributed by atoms with Crippen LogP contribution in [-0.2, 0) is 6.42 Å². The fourth-order valence-electron chi connectivity index (χ4n) is 3.97. The van der Waals surface area contributed by atoms with Crippen LogP contribution in [0, 0.1) is 17.5 Å². The Labute approximate surface area is 192 Å². The van der Waals surface area contributed by atoms with Crippen molar-refractivity contribution in [2.24, 2.45) is 0 Å². The Morgan fingerprint density at radius 2 is 1.82 bits per heavy atom. The monoisotopic (exact) mass is 469 g/mol. The number of halogens is 4. The van der Waals surface area contributed by atoms with Gasteiger partial charge in [-0.25, -0.2) is 18.2 Å². The van der Waals surface area contributed by atoms with Gasteiger partial charge in [-0.2, -0.15) is 0 Å². The lowest BCUT2D eigenvalue weighted by atomic mass is 10.1. The molecule has 1 saturated carbocycles. The number of nitrogens with one attached hydrogen (secondary N) is 1. The van der Waals surface area contributed by atoms with Crippen molar-refractivity contribution in [3.05, 3.63) is 86.9 Å². The summed E-state index contributed by atoms with van der Waals surface area (Å²) in [7, 11) is 0. The van der Waals surface area contributed by atoms with Gasteiger partial charge in [0.25, 0.3) is 5.56 Å². The minimum Gasteiger partial charge on any atom is -0.381 e. The van der Waals surface area contributed by atoms with Crippen molar-refractivity contribution in [2.45, 2.75) is 32.2 Å². The minimum atomic E-state index is -1.57. The van der Waals surface area contributed by atoms with Gasteiger partial charge in [0.1, 0.15) is 5.65 Å². The predicted molar refractivity (Wildman–Crippen MR) is 124 cm³/mol. The molecule has 1 fully saturated rings. The van der Waals surface area contributed by atoms with Gasteiger partial charge in [-0.3, -0.25) is 9.36 Å². The van der Waals surface area contributed by atoms with Crippen LogP contribution in [0.4, 0.5) is 18.9 Å². The molecule has 0 saturated heterocycles. The molecule has 33 heavy (non-hydrogen) atoms. The van der Waals surface area contributed by atoms with E-state index >= 15 is 0 Å². The van der Waals surface area contributed by atoms with E-state index in [1.54, 1.807) is 30.3 Å². The first kappa shape index (κ1) is 21.5. The van der Waals surface area contributed by atoms with Crippen LogP contribution in [0.25, 0.3) is 28.0 Å². The molecular formula is C25H19ClF3N3O. The first-order valence-corrected chi connectivity index (χ1v) is 11.0. The molecule has 1 N–H and O–H groups in total. The molecular weight excluding hydrogens is 451 g/mol. The predicted octanol–water partition coefficient (Wildman–Crippen LogP) is 6.26. The highest BCUT2D eigenvalue weighted by Crippen LogP contribution is 2.35. The maximum atomic E-state index is 14.5. The topological polar surface area (TPSA) is 46.9 Å². The lowest BCUT2D eigenvalue weighted by Crippen LogP contribution is -2.26. The third-order valence-electron chi connectivity index (χ3n) is 5.80. The van der Waals surface area contributed by atoms with E-state index in [0.29, 0.717) is 33.8 Å². The van der Waals surface area contributed by atoms with Crippen molar-refractivity contribution in [3.63, 3.8) is 0 Å². The quantitative estimate of drug-likeness (QED) is 0.351. The summed E-state index contributed by atoms with van der Waals surface area (Å²) in [5.41, 5.74) is 1.52. The molecule has 0 atom stereocenters. The fourth-order valence-corrected chi connectivity index (χ4v) is 4.19. The van der Waals surface area contributed by atoms with E-state index in [1.807, 2.05) is 6.92 Å². The molecule has 5 rings (SSSR count). The Bertz CT molecular complexity index is 1460. The molecule has 0 spiro atoms. The Kier molecular flexibility index (Phi) is 5.37. The highest BCUT2D eigenvalue weighted by atomic mass is 35.5. The number of benzene rings is 2. The molecule has 2 aromatic carbocycles. The zero-order valence-electron chi connectivity index (χ0n) is 17.6. The van der Waals surface area contributed by atoms with Crippen LogP contribution in [0.3, 0.4) is 0 Å². The second-order valence-electron chi connectivity index (χ2n) is 8.01. The fraction of sp³-hybridized carbons (Fsp3) is 0.200. The summed E-state index contributed by atoms with van der Waals surface area (Å²) in [4.78, 5) is 18.2. The summed E-state index contributed by atoms with van der Waals surface area (Å²) in [5.74, 6) is -4.20. The molecule has 2 heterocycles. The summed E-state index contributed by atoms with van der Waals surface area (Å²) >= 11 is 6.43. The van der Waals surface area contributed by atoms with E-state index in [1.165, 1.54) is 10.6 Å². The number of pyridine rings is 2. The van der Waals surface area contributed by atoms with Gasteiger partial charge >= 0.3 is 0 Å². The average molecular weight is 470 g/mol. The van der Waals surface area contributed by atoms with Crippen LogP contribution in [0.1, 0.15) is 25.3 Å². The van der Waals surface area contributed by atoms with Gasteiger partial charge in [0.15, 0.2) is 17.5 Å². The van der Waals surface area contributed by atoms with Gasteiger partial charge in [0.05, 0.1) is 22.1 Å². The number of aromatic nitrogens is 2. The van der Waals surface area contributed by atoms with Crippen LogP contribution < -0.4 is 10.9 Å². The molecule has 1 aliphatic rings. The second kappa shape index (κ2) is 8.23. The van der Waals surface area contributed by atoms with Gasteiger partial charge in [-0.1, -0.05) is 30.7 Å². The third kappa shape index (κ3) is 3.66. The summed E-state index contributed by atoms with van der Waals surface area (Å²) in [5, 5.41) is 4.43. The summed E-state index contributed by atoms with van der Waals surface area (Å²) in [6, 6.07) is 12.4. The molecule has 4 nitrogen and oxygen atoms in total. The number of para-hydroxylation sites is 1. The van der Waals surface area contributed by atoms with Crippen molar-refractivity contribution in [2.75, 3.05) is 5.32 Å². The zero-order chi connectivity index (χ0) is 23.3. The molecule has 168 valence electrons. The Morgan fingerprint density at radius 3 is 2.52 bits per heavy atom. The Hall–Kier alpha value is -3.32. The molecule has 0 aliphatic heterocycles. The minimum absolute atomic E-state index is 0.0701. The summed E-state index contributed by atoms with van der Waals surface area (Å²) in [6.07, 6.45) is 2.49. The molecule has 4 aromatic rings. The molecule has 0 amide bonds. The average Bonchev–Trinajstić information content (AvgIpc) is 3.63. The van der Waals surface area contributed by atoms with E-state index in [0.717, 1.165) is 25.0 Å². The molecule has 8 heteroatoms. The van der Waals surface area contributed by atoms with Crippen LogP contribution in [0.15, 0.2) is 53.3 Å². The van der Waals surface area contributed by atoms with Crippen LogP contribution in [0.2, 0.25) is 5.02 Å². The standard InChI is InChI=1S/C25H19ClF3N3O/c1-2-14-23(30-13-7-8-13)16-10-12-19(15-9-11-18(27)22(29)21(15)28)31-24(16)32(25(14)33)20-6-4-3-5-17(20)26/h3-6,9-13,30H,2,7-8H2,1H3. The van der Waals surface area contributed by atoms with Crippen molar-refractivity contribution in [1.29, 1.82) is 0 Å². The smallest absolute Gasteiger partial charge is 0.262 e. The van der Waals surface area contributed by atoms with Gasteiger partial charge in [0, 0.05) is 22.6 Å². The Balaban J connectivity index is 1.86. The molecule has 2 aromatic heterocycles. The van der Waals surface area contributed by atoms with Crippen molar-refractivity contribution >= 4 is 28.3 Å². The van der Waals surface area contributed by atoms with Gasteiger partial charge in [-0.15, -0.1) is 0 Å². The van der Waals surface area contributed by atoms with Crippen molar-refractivity contribution < 1.29 is 13.2 Å². The molecule has 0 unspecified atom stereocenters. The first-order valence-electron chi connectivity index (χ1n) is 10.6. The van der Waals surface area contributed by atoms with Crippen LogP contribution in [-0.4, -0.2) is 15.6 Å². The third-order valence-corrected chi connectivity index (χ3v) is 6.12. The highest BCUT2D eigenvalue weighted by molar-refractivity contribution is 6.32. The maximum Gasteiger partial charge on any atom is 0.262 e. The molecule has 0 bridgehead atoms. The van der Waals surface area contributed by atoms with E-state index in [-0.39, 0.29) is 28.5 Å². The van der Waals surface area contributed by atoms with E-state index in [4.69, 9.17) is 11.6 Å². The van der Waals surface area contributed by atoms with E-state index in [2.05, 4.69) is 10.3 Å². The molecule has 0 radical (unpaired) electrons. The SMILES string of the molecule is CCc1c(NC2CC2)c2ccc(-c3ccc(F)c(F)c3F)nc2n(-c2ccccc2Cl)c1=O. The normalized spacial score (nSPS) is 13.5. The zero-order valence-corrected chi connectivity index (χ0v) is 18.4. The van der Waals surface area contributed by atoms with E-state index in [9.17, 15) is 18.0 Å². The lowest BCUT2D eigenvalue weighted by Gasteiger charge is -2.19. The van der Waals surface area contributed by atoms with E-state index < -0.39 is 17.5 Å². The first-order chi connectivity index (χ1) is 15.9. The van der Waals surface area contributed by atoms with Crippen LogP contribution in [0.5, 0.6) is 0 Å². The van der Waals surface area contributed by atoms with Gasteiger partial charge < -0.3 is 5.32 Å². The lowest BCUT2D eigenvalue weighted by molar-refractivity contribution is 0.449. The van der Waals surface area contributed by atoms with Gasteiger partial charge in [-0.05, 0) is 55.7 Å². The number of fused-ring (bicyclic) bond motifs is 1. The Morgan fingerprint density at radius 1 is 1.06 bits per heavy atom. The number of anilines is 1. The second-order valence-corrected chi connectivity index (χ2v) is 8.42. The van der Waals surface area contributed by atoms with Crippen LogP contribution >= 0.6 is 11.6 Å². The number of rotatable bonds is 5. The molecule has 1 aliphatic carbocycles. The van der Waals surface area contributed by atoms with Gasteiger partial charge in [0.2, 0.25) is 0 Å². The maximum absolute atomic E-state index is 14.5. The van der Waals surface area contributed by atoms with Crippen molar-refractivity contribution in [1.82, 2.24) is 9.55 Å². The number of hydrogen-bond donors (Lipinski definition) is 1. The largest absolute Gasteiger partial charge is 0.381 e. The summed E-state index contributed by atoms with van der Waals surface area (Å²) < 4.78 is 43.3. The van der Waals surface area contributed by atoms with Crippen molar-refractivity contribution in [3.8, 4) is 16.9 Å². The number of nitrogens with zero attached hydrogens (tertiary/aromatic N) is 2. The highest BCUT2D eigenvalue weighted by Gasteiger charge is 2.26.